The number of hydrogen-bond donors (Lipinski definition) is 2. The van der Waals surface area contributed by atoms with Crippen LogP contribution in [0.3, 0.4) is 0 Å². The van der Waals surface area contributed by atoms with Gasteiger partial charge in [0.1, 0.15) is 5.88 Å². The summed E-state index contributed by atoms with van der Waals surface area (Å²) in [4.78, 5) is 9.24. The van der Waals surface area contributed by atoms with Gasteiger partial charge in [-0.15, -0.1) is 11.6 Å². The molecule has 0 unspecified atom stereocenters. The summed E-state index contributed by atoms with van der Waals surface area (Å²) >= 11 is 4.74. The molecule has 2 N–H and O–H groups in total. The highest BCUT2D eigenvalue weighted by Gasteiger charge is 1.91. The number of rotatable bonds is 12. The molecular formula is C15H31ClO3. The van der Waals surface area contributed by atoms with Gasteiger partial charge in [0.15, 0.2) is 0 Å². The van der Waals surface area contributed by atoms with Crippen LogP contribution in [0.2, 0.25) is 0 Å². The zero-order valence-corrected chi connectivity index (χ0v) is 13.1. The number of aliphatic hydroxyl groups excluding tert-OH is 1. The van der Waals surface area contributed by atoms with Crippen LogP contribution in [-0.4, -0.2) is 28.7 Å². The van der Waals surface area contributed by atoms with Gasteiger partial charge in [-0.25, -0.2) is 0 Å². The number of carbonyl (C=O) groups is 1. The first-order valence-electron chi connectivity index (χ1n) is 7.57. The fraction of sp³-hybridized carbons (Fsp3) is 0.933. The number of aliphatic hydroxyl groups is 1. The Bertz CT molecular complexity index is 163. The molecule has 0 aromatic rings. The van der Waals surface area contributed by atoms with Crippen molar-refractivity contribution >= 4 is 17.6 Å². The molecule has 0 spiro atoms. The van der Waals surface area contributed by atoms with Crippen LogP contribution in [0.25, 0.3) is 0 Å². The largest absolute Gasteiger partial charge is 0.480 e. The van der Waals surface area contributed by atoms with Gasteiger partial charge >= 0.3 is 5.97 Å². The summed E-state index contributed by atoms with van der Waals surface area (Å²) < 4.78 is 0. The molecule has 0 aromatic carbocycles. The van der Waals surface area contributed by atoms with Crippen molar-refractivity contribution in [2.45, 2.75) is 77.6 Å². The van der Waals surface area contributed by atoms with Gasteiger partial charge in [0, 0.05) is 6.61 Å². The Morgan fingerprint density at radius 3 is 1.42 bits per heavy atom. The van der Waals surface area contributed by atoms with Crippen molar-refractivity contribution in [3.05, 3.63) is 0 Å². The number of unbranched alkanes of at least 4 members (excludes halogenated alkanes) is 10. The molecule has 0 aliphatic rings. The van der Waals surface area contributed by atoms with Crippen molar-refractivity contribution in [2.75, 3.05) is 12.5 Å². The Labute approximate surface area is 123 Å². The lowest BCUT2D eigenvalue weighted by Crippen LogP contribution is -1.92. The van der Waals surface area contributed by atoms with Gasteiger partial charge in [-0.3, -0.25) is 4.79 Å². The standard InChI is InChI=1S/C13H28O.C2H3ClO2/c1-2-3-4-5-6-7-8-9-10-11-12-13-14;3-1-2(4)5/h14H,2-13H2,1H3;1H2,(H,4,5). The fourth-order valence-electron chi connectivity index (χ4n) is 1.78. The van der Waals surface area contributed by atoms with Gasteiger partial charge in [-0.2, -0.15) is 0 Å². The van der Waals surface area contributed by atoms with Crippen LogP contribution in [0, 0.1) is 0 Å². The van der Waals surface area contributed by atoms with E-state index >= 15 is 0 Å². The molecule has 4 heteroatoms. The van der Waals surface area contributed by atoms with Crippen LogP contribution < -0.4 is 0 Å². The van der Waals surface area contributed by atoms with E-state index in [2.05, 4.69) is 6.92 Å². The van der Waals surface area contributed by atoms with E-state index in [0.29, 0.717) is 6.61 Å². The van der Waals surface area contributed by atoms with Gasteiger partial charge in [-0.05, 0) is 6.42 Å². The monoisotopic (exact) mass is 294 g/mol. The van der Waals surface area contributed by atoms with Gasteiger partial charge in [0.25, 0.3) is 0 Å². The first kappa shape index (κ1) is 21.0. The summed E-state index contributed by atoms with van der Waals surface area (Å²) in [5, 5.41) is 16.2. The first-order valence-corrected chi connectivity index (χ1v) is 8.11. The number of alkyl halides is 1. The molecule has 0 atom stereocenters. The highest BCUT2D eigenvalue weighted by molar-refractivity contribution is 6.26. The molecule has 0 bridgehead atoms. The van der Waals surface area contributed by atoms with E-state index in [1.54, 1.807) is 0 Å². The van der Waals surface area contributed by atoms with Crippen molar-refractivity contribution in [3.63, 3.8) is 0 Å². The minimum Gasteiger partial charge on any atom is -0.480 e. The summed E-state index contributed by atoms with van der Waals surface area (Å²) in [7, 11) is 0. The predicted octanol–water partition coefficient (Wildman–Crippen LogP) is 4.60. The van der Waals surface area contributed by atoms with E-state index < -0.39 is 5.97 Å². The SMILES string of the molecule is CCCCCCCCCCCCCO.O=C(O)CCl. The second-order valence-corrected chi connectivity index (χ2v) is 5.05. The molecule has 0 radical (unpaired) electrons. The van der Waals surface area contributed by atoms with Crippen LogP contribution >= 0.6 is 11.6 Å². The van der Waals surface area contributed by atoms with E-state index in [4.69, 9.17) is 21.8 Å². The molecule has 0 heterocycles. The molecular weight excluding hydrogens is 264 g/mol. The maximum Gasteiger partial charge on any atom is 0.318 e. The third kappa shape index (κ3) is 27.1. The highest BCUT2D eigenvalue weighted by atomic mass is 35.5. The third-order valence-corrected chi connectivity index (χ3v) is 3.10. The zero-order chi connectivity index (χ0) is 14.8. The Balaban J connectivity index is 0. The minimum absolute atomic E-state index is 0.306. The van der Waals surface area contributed by atoms with E-state index in [-0.39, 0.29) is 5.88 Å². The van der Waals surface area contributed by atoms with E-state index in [1.165, 1.54) is 64.2 Å². The van der Waals surface area contributed by atoms with Gasteiger partial charge in [-0.1, -0.05) is 71.1 Å². The molecule has 0 saturated heterocycles. The third-order valence-electron chi connectivity index (χ3n) is 2.88. The van der Waals surface area contributed by atoms with Crippen molar-refractivity contribution in [1.82, 2.24) is 0 Å². The Kier molecular flexibility index (Phi) is 22.2. The summed E-state index contributed by atoms with van der Waals surface area (Å²) in [6.45, 7) is 2.64. The van der Waals surface area contributed by atoms with Crippen LogP contribution in [0.5, 0.6) is 0 Å². The van der Waals surface area contributed by atoms with Gasteiger partial charge < -0.3 is 10.2 Å². The molecule has 0 aliphatic heterocycles. The van der Waals surface area contributed by atoms with Crippen molar-refractivity contribution in [1.29, 1.82) is 0 Å². The van der Waals surface area contributed by atoms with E-state index in [9.17, 15) is 4.79 Å². The van der Waals surface area contributed by atoms with Crippen LogP contribution in [0.4, 0.5) is 0 Å². The van der Waals surface area contributed by atoms with E-state index in [1.807, 2.05) is 0 Å². The predicted molar refractivity (Wildman–Crippen MR) is 81.9 cm³/mol. The van der Waals surface area contributed by atoms with Crippen molar-refractivity contribution in [2.24, 2.45) is 0 Å². The molecule has 0 aliphatic carbocycles. The Morgan fingerprint density at radius 2 is 1.16 bits per heavy atom. The molecule has 0 aromatic heterocycles. The Hall–Kier alpha value is -0.280. The molecule has 0 rings (SSSR count). The van der Waals surface area contributed by atoms with Crippen LogP contribution in [0.15, 0.2) is 0 Å². The molecule has 3 nitrogen and oxygen atoms in total. The van der Waals surface area contributed by atoms with Crippen molar-refractivity contribution < 1.29 is 15.0 Å². The van der Waals surface area contributed by atoms with Gasteiger partial charge in [0.2, 0.25) is 0 Å². The normalized spacial score (nSPS) is 9.84. The number of carboxylic acid groups (broad SMARTS) is 1. The molecule has 19 heavy (non-hydrogen) atoms. The smallest absolute Gasteiger partial charge is 0.318 e. The lowest BCUT2D eigenvalue weighted by atomic mass is 10.1. The second kappa shape index (κ2) is 20.0. The maximum atomic E-state index is 9.24. The summed E-state index contributed by atoms with van der Waals surface area (Å²) in [5.41, 5.74) is 0. The summed E-state index contributed by atoms with van der Waals surface area (Å²) in [5.74, 6) is -1.29. The summed E-state index contributed by atoms with van der Waals surface area (Å²) in [6, 6.07) is 0. The lowest BCUT2D eigenvalue weighted by molar-refractivity contribution is -0.134. The topological polar surface area (TPSA) is 57.5 Å². The molecule has 0 saturated carbocycles. The average molecular weight is 295 g/mol. The second-order valence-electron chi connectivity index (χ2n) is 4.79. The summed E-state index contributed by atoms with van der Waals surface area (Å²) in [6.07, 6.45) is 14.8. The first-order chi connectivity index (χ1) is 9.18. The molecule has 0 fully saturated rings. The number of aliphatic carboxylic acids is 1. The van der Waals surface area contributed by atoms with E-state index in [0.717, 1.165) is 6.42 Å². The Morgan fingerprint density at radius 1 is 0.842 bits per heavy atom. The zero-order valence-electron chi connectivity index (χ0n) is 12.4. The molecule has 0 amide bonds. The number of hydrogen-bond acceptors (Lipinski definition) is 2. The van der Waals surface area contributed by atoms with Crippen LogP contribution in [-0.2, 0) is 4.79 Å². The van der Waals surface area contributed by atoms with Crippen LogP contribution in [0.1, 0.15) is 77.6 Å². The minimum atomic E-state index is -0.980. The maximum absolute atomic E-state index is 9.24. The highest BCUT2D eigenvalue weighted by Crippen LogP contribution is 2.10. The van der Waals surface area contributed by atoms with Crippen molar-refractivity contribution in [3.8, 4) is 0 Å². The number of halogens is 1. The molecule has 116 valence electrons. The fourth-order valence-corrected chi connectivity index (χ4v) is 1.78. The lowest BCUT2D eigenvalue weighted by Gasteiger charge is -2.01. The average Bonchev–Trinajstić information content (AvgIpc) is 2.41. The quantitative estimate of drug-likeness (QED) is 0.408. The van der Waals surface area contributed by atoms with Gasteiger partial charge in [0.05, 0.1) is 0 Å². The number of carboxylic acids is 1.